The van der Waals surface area contributed by atoms with E-state index in [2.05, 4.69) is 160 Å². The number of unbranched alkanes of at least 4 members (excludes halogenated alkanes) is 7. The van der Waals surface area contributed by atoms with Crippen LogP contribution in [0, 0.1) is 0 Å². The number of aliphatic hydroxyl groups excluding tert-OH is 7. The van der Waals surface area contributed by atoms with E-state index < -0.39 is 86.7 Å². The van der Waals surface area contributed by atoms with Gasteiger partial charge in [-0.1, -0.05) is 179 Å². The van der Waals surface area contributed by atoms with Crippen molar-refractivity contribution in [3.05, 3.63) is 146 Å². The molecule has 0 radical (unpaired) electrons. The van der Waals surface area contributed by atoms with Gasteiger partial charge in [-0.15, -0.1) is 0 Å². The van der Waals surface area contributed by atoms with Gasteiger partial charge in [0.15, 0.2) is 12.6 Å². The molecule has 11 atom stereocenters. The lowest BCUT2D eigenvalue weighted by molar-refractivity contribution is -0.332. The van der Waals surface area contributed by atoms with Crippen molar-refractivity contribution in [3.63, 3.8) is 0 Å². The minimum atomic E-state index is -1.73. The average molecular weight is 1110 g/mol. The van der Waals surface area contributed by atoms with Crippen molar-refractivity contribution in [3.8, 4) is 0 Å². The van der Waals surface area contributed by atoms with E-state index in [0.717, 1.165) is 128 Å². The quantitative estimate of drug-likeness (QED) is 0.0172. The van der Waals surface area contributed by atoms with Gasteiger partial charge < -0.3 is 64.2 Å². The zero-order valence-corrected chi connectivity index (χ0v) is 47.8. The highest BCUT2D eigenvalue weighted by atomic mass is 16.7. The molecule has 2 rings (SSSR count). The first-order valence-corrected chi connectivity index (χ1v) is 29.4. The SMILES string of the molecule is CC/C=C\C/C=C\C/C=C\C/C=C\C/C=C\C/C=C\C/C=C\CCCCCCOCC(COC1OC(COC2OC(CO)C(O)C(O)C2O)C(O)C(O)C1O)OC(=O)CCCCC/C=C\C/C=C\C/C=C\C/C=C\C/C=C\CC. The molecule has 7 N–H and O–H groups in total. The van der Waals surface area contributed by atoms with E-state index in [1.165, 1.54) is 0 Å². The van der Waals surface area contributed by atoms with Gasteiger partial charge in [-0.05, 0) is 116 Å². The first kappa shape index (κ1) is 71.0. The second-order valence-corrected chi connectivity index (χ2v) is 19.7. The molecule has 2 fully saturated rings. The lowest BCUT2D eigenvalue weighted by Gasteiger charge is -2.42. The van der Waals surface area contributed by atoms with Crippen molar-refractivity contribution in [2.45, 2.75) is 223 Å². The molecule has 0 aromatic carbocycles. The van der Waals surface area contributed by atoms with E-state index in [4.69, 9.17) is 28.4 Å². The summed E-state index contributed by atoms with van der Waals surface area (Å²) in [7, 11) is 0. The fourth-order valence-corrected chi connectivity index (χ4v) is 8.17. The molecule has 2 aliphatic rings. The summed E-state index contributed by atoms with van der Waals surface area (Å²) in [6.45, 7) is 3.31. The third kappa shape index (κ3) is 36.1. The van der Waals surface area contributed by atoms with Crippen molar-refractivity contribution >= 4 is 5.97 Å². The highest BCUT2D eigenvalue weighted by molar-refractivity contribution is 5.69. The minimum Gasteiger partial charge on any atom is -0.457 e. The van der Waals surface area contributed by atoms with Crippen LogP contribution < -0.4 is 0 Å². The Bertz CT molecular complexity index is 1860. The molecule has 79 heavy (non-hydrogen) atoms. The number of allylic oxidation sites excluding steroid dienone is 24. The second-order valence-electron chi connectivity index (χ2n) is 19.7. The Balaban J connectivity index is 1.75. The number of ether oxygens (including phenoxy) is 6. The van der Waals surface area contributed by atoms with E-state index in [9.17, 15) is 40.5 Å². The molecule has 2 saturated heterocycles. The molecule has 0 spiro atoms. The number of esters is 1. The first-order chi connectivity index (χ1) is 38.6. The van der Waals surface area contributed by atoms with Crippen LogP contribution >= 0.6 is 0 Å². The maximum atomic E-state index is 13.1. The van der Waals surface area contributed by atoms with Gasteiger partial charge in [0.1, 0.15) is 54.9 Å². The Labute approximate surface area is 474 Å². The molecule has 446 valence electrons. The Kier molecular flexibility index (Phi) is 44.6. The molecule has 0 amide bonds. The van der Waals surface area contributed by atoms with Gasteiger partial charge in [-0.25, -0.2) is 0 Å². The fourth-order valence-electron chi connectivity index (χ4n) is 8.17. The van der Waals surface area contributed by atoms with Crippen LogP contribution in [0.2, 0.25) is 0 Å². The Morgan fingerprint density at radius 3 is 1.22 bits per heavy atom. The normalized spacial score (nSPS) is 25.1. The summed E-state index contributed by atoms with van der Waals surface area (Å²) in [6, 6.07) is 0. The Morgan fingerprint density at radius 1 is 0.418 bits per heavy atom. The van der Waals surface area contributed by atoms with Gasteiger partial charge in [0.2, 0.25) is 0 Å². The van der Waals surface area contributed by atoms with Crippen molar-refractivity contribution in [1.82, 2.24) is 0 Å². The molecule has 2 heterocycles. The molecule has 0 aliphatic carbocycles. The van der Waals surface area contributed by atoms with Crippen molar-refractivity contribution in [1.29, 1.82) is 0 Å². The fraction of sp³-hybridized carbons (Fsp3) is 0.615. The molecule has 0 saturated carbocycles. The van der Waals surface area contributed by atoms with Crippen LogP contribution in [0.1, 0.15) is 155 Å². The molecule has 11 unspecified atom stereocenters. The first-order valence-electron chi connectivity index (χ1n) is 29.4. The highest BCUT2D eigenvalue weighted by Gasteiger charge is 2.47. The van der Waals surface area contributed by atoms with Gasteiger partial charge in [-0.2, -0.15) is 0 Å². The summed E-state index contributed by atoms with van der Waals surface area (Å²) in [6.07, 6.45) is 56.2. The number of rotatable bonds is 45. The van der Waals surface area contributed by atoms with Gasteiger partial charge in [-0.3, -0.25) is 4.79 Å². The zero-order chi connectivity index (χ0) is 57.2. The molecular formula is C65H102O14. The number of aliphatic hydroxyl groups is 7. The molecular weight excluding hydrogens is 1000 g/mol. The van der Waals surface area contributed by atoms with Crippen LogP contribution in [-0.2, 0) is 33.2 Å². The van der Waals surface area contributed by atoms with E-state index >= 15 is 0 Å². The predicted octanol–water partition coefficient (Wildman–Crippen LogP) is 10.9. The lowest BCUT2D eigenvalue weighted by Crippen LogP contribution is -2.61. The maximum absolute atomic E-state index is 13.1. The molecule has 0 bridgehead atoms. The van der Waals surface area contributed by atoms with Crippen molar-refractivity contribution in [2.75, 3.05) is 33.0 Å². The maximum Gasteiger partial charge on any atom is 0.306 e. The van der Waals surface area contributed by atoms with Crippen molar-refractivity contribution in [2.24, 2.45) is 0 Å². The number of hydrogen-bond acceptors (Lipinski definition) is 14. The summed E-state index contributed by atoms with van der Waals surface area (Å²) in [5.41, 5.74) is 0. The number of carbonyl (C=O) groups is 1. The summed E-state index contributed by atoms with van der Waals surface area (Å²) >= 11 is 0. The monoisotopic (exact) mass is 1110 g/mol. The van der Waals surface area contributed by atoms with Crippen LogP contribution in [0.5, 0.6) is 0 Å². The predicted molar refractivity (Wildman–Crippen MR) is 316 cm³/mol. The molecule has 14 heteroatoms. The zero-order valence-electron chi connectivity index (χ0n) is 47.8. The van der Waals surface area contributed by atoms with Crippen molar-refractivity contribution < 1.29 is 69.0 Å². The Hall–Kier alpha value is -4.13. The summed E-state index contributed by atoms with van der Waals surface area (Å²) in [5, 5.41) is 72.4. The smallest absolute Gasteiger partial charge is 0.306 e. The van der Waals surface area contributed by atoms with E-state index in [1.807, 2.05) is 0 Å². The standard InChI is InChI=1S/C65H102O14/c1-3-5-7-9-11-13-15-17-19-21-23-24-25-26-27-28-29-31-33-35-37-39-41-43-45-47-49-74-51-54(77-57(67)48-46-44-42-40-38-36-34-32-30-22-20-18-16-14-12-10-8-6-4-2)52-75-64-63(73)61(71)59(69)56(79-64)53-76-65-62(72)60(70)58(68)55(50-66)78-65/h5-8,11-14,17-20,23-24,26-27,29-32,35-38,54-56,58-66,68-73H,3-4,9-10,15-16,21-22,25,28,33-34,39-53H2,1-2H3/b7-5-,8-6-,13-11-,14-12-,19-17-,20-18-,24-23-,27-26-,31-29-,32-30-,37-35-,38-36-. The summed E-state index contributed by atoms with van der Waals surface area (Å²) < 4.78 is 34.3. The second kappa shape index (κ2) is 49.7. The van der Waals surface area contributed by atoms with Crippen LogP contribution in [0.15, 0.2) is 146 Å². The van der Waals surface area contributed by atoms with Crippen LogP contribution in [-0.4, -0.2) is 142 Å². The highest BCUT2D eigenvalue weighted by Crippen LogP contribution is 2.26. The molecule has 2 aliphatic heterocycles. The third-order valence-electron chi connectivity index (χ3n) is 12.8. The van der Waals surface area contributed by atoms with E-state index in [0.29, 0.717) is 13.0 Å². The number of hydrogen-bond donors (Lipinski definition) is 7. The minimum absolute atomic E-state index is 0.0186. The topological polar surface area (TPSA) is 214 Å². The molecule has 14 nitrogen and oxygen atoms in total. The largest absolute Gasteiger partial charge is 0.457 e. The van der Waals surface area contributed by atoms with Crippen LogP contribution in [0.25, 0.3) is 0 Å². The van der Waals surface area contributed by atoms with Gasteiger partial charge in [0.05, 0.1) is 26.4 Å². The average Bonchev–Trinajstić information content (AvgIpc) is 3.46. The molecule has 0 aromatic rings. The van der Waals surface area contributed by atoms with Gasteiger partial charge >= 0.3 is 5.97 Å². The van der Waals surface area contributed by atoms with E-state index in [1.54, 1.807) is 0 Å². The summed E-state index contributed by atoms with van der Waals surface area (Å²) in [4.78, 5) is 13.1. The van der Waals surface area contributed by atoms with Gasteiger partial charge in [0, 0.05) is 13.0 Å². The molecule has 0 aromatic heterocycles. The van der Waals surface area contributed by atoms with Gasteiger partial charge in [0.25, 0.3) is 0 Å². The van der Waals surface area contributed by atoms with E-state index in [-0.39, 0.29) is 19.6 Å². The lowest BCUT2D eigenvalue weighted by atomic mass is 9.98. The third-order valence-corrected chi connectivity index (χ3v) is 12.8. The Morgan fingerprint density at radius 2 is 0.785 bits per heavy atom. The van der Waals surface area contributed by atoms with Crippen LogP contribution in [0.4, 0.5) is 0 Å². The van der Waals surface area contributed by atoms with Crippen LogP contribution in [0.3, 0.4) is 0 Å². The summed E-state index contributed by atoms with van der Waals surface area (Å²) in [5.74, 6) is -0.424. The number of carbonyl (C=O) groups excluding carboxylic acids is 1.